The molecule has 0 bridgehead atoms. The summed E-state index contributed by atoms with van der Waals surface area (Å²) in [5, 5.41) is 3.47. The Morgan fingerprint density at radius 1 is 1.12 bits per heavy atom. The van der Waals surface area contributed by atoms with Crippen molar-refractivity contribution >= 4 is 11.9 Å². The summed E-state index contributed by atoms with van der Waals surface area (Å²) in [4.78, 5) is 17.6. The summed E-state index contributed by atoms with van der Waals surface area (Å²) in [5.41, 5.74) is 1.28. The first kappa shape index (κ1) is 18.0. The van der Waals surface area contributed by atoms with Crippen molar-refractivity contribution in [3.8, 4) is 5.75 Å². The number of nitrogens with one attached hydrogen (secondary N) is 1. The van der Waals surface area contributed by atoms with E-state index < -0.39 is 0 Å². The van der Waals surface area contributed by atoms with Crippen LogP contribution in [0.1, 0.15) is 5.56 Å². The van der Waals surface area contributed by atoms with E-state index in [0.717, 1.165) is 56.8 Å². The van der Waals surface area contributed by atoms with Gasteiger partial charge in [-0.25, -0.2) is 9.97 Å². The van der Waals surface area contributed by atoms with Crippen LogP contribution in [0, 0.1) is 0 Å². The Morgan fingerprint density at radius 3 is 2.42 bits per heavy atom. The van der Waals surface area contributed by atoms with Crippen molar-refractivity contribution in [3.05, 3.63) is 48.3 Å². The fraction of sp³-hybridized carbons (Fsp3) is 0.421. The van der Waals surface area contributed by atoms with E-state index in [2.05, 4.69) is 42.2 Å². The third-order valence-electron chi connectivity index (χ3n) is 4.48. The molecule has 0 radical (unpaired) electrons. The van der Waals surface area contributed by atoms with Gasteiger partial charge in [0.25, 0.3) is 0 Å². The lowest BCUT2D eigenvalue weighted by Crippen LogP contribution is -2.53. The first-order valence-electron chi connectivity index (χ1n) is 8.90. The van der Waals surface area contributed by atoms with Crippen LogP contribution in [-0.2, 0) is 6.42 Å². The Labute approximate surface area is 154 Å². The molecule has 7 heteroatoms. The second-order valence-electron chi connectivity index (χ2n) is 6.09. The van der Waals surface area contributed by atoms with Crippen molar-refractivity contribution < 1.29 is 4.74 Å². The molecule has 1 aromatic carbocycles. The molecule has 0 saturated carbocycles. The van der Waals surface area contributed by atoms with Crippen LogP contribution in [0.3, 0.4) is 0 Å². The predicted molar refractivity (Wildman–Crippen MR) is 104 cm³/mol. The van der Waals surface area contributed by atoms with Gasteiger partial charge in [-0.1, -0.05) is 12.1 Å². The van der Waals surface area contributed by atoms with Gasteiger partial charge in [0, 0.05) is 52.2 Å². The number of ether oxygens (including phenoxy) is 1. The van der Waals surface area contributed by atoms with Gasteiger partial charge in [0.15, 0.2) is 5.96 Å². The van der Waals surface area contributed by atoms with Crippen LogP contribution in [-0.4, -0.2) is 67.7 Å². The molecule has 1 fully saturated rings. The van der Waals surface area contributed by atoms with E-state index in [4.69, 9.17) is 4.74 Å². The number of aliphatic imine (C=N–C) groups is 1. The van der Waals surface area contributed by atoms with Crippen molar-refractivity contribution in [1.82, 2.24) is 20.2 Å². The first-order chi connectivity index (χ1) is 12.8. The molecule has 1 aliphatic heterocycles. The molecule has 7 nitrogen and oxygen atoms in total. The predicted octanol–water partition coefficient (Wildman–Crippen LogP) is 1.43. The number of anilines is 1. The third kappa shape index (κ3) is 4.62. The summed E-state index contributed by atoms with van der Waals surface area (Å²) < 4.78 is 5.19. The van der Waals surface area contributed by atoms with Crippen molar-refractivity contribution in [2.75, 3.05) is 51.8 Å². The molecular weight excluding hydrogens is 328 g/mol. The number of hydrogen-bond acceptors (Lipinski definition) is 5. The average Bonchev–Trinajstić information content (AvgIpc) is 2.72. The molecule has 0 aliphatic carbocycles. The van der Waals surface area contributed by atoms with Crippen molar-refractivity contribution in [1.29, 1.82) is 0 Å². The summed E-state index contributed by atoms with van der Waals surface area (Å²) in [7, 11) is 3.52. The number of hydrogen-bond donors (Lipinski definition) is 1. The van der Waals surface area contributed by atoms with Crippen molar-refractivity contribution in [2.24, 2.45) is 4.99 Å². The van der Waals surface area contributed by atoms with Crippen LogP contribution in [0.5, 0.6) is 5.75 Å². The lowest BCUT2D eigenvalue weighted by molar-refractivity contribution is 0.370. The van der Waals surface area contributed by atoms with E-state index in [9.17, 15) is 0 Å². The maximum absolute atomic E-state index is 5.19. The number of nitrogens with zero attached hydrogens (tertiary/aromatic N) is 5. The van der Waals surface area contributed by atoms with Crippen LogP contribution in [0.2, 0.25) is 0 Å². The molecule has 0 spiro atoms. The highest BCUT2D eigenvalue weighted by atomic mass is 16.5. The highest BCUT2D eigenvalue weighted by Gasteiger charge is 2.20. The standard InChI is InChI=1S/C19H26N6O/c1-20-18(23-11-8-16-4-6-17(26-2)7-5-16)24-12-14-25(15-13-24)19-21-9-3-10-22-19/h3-7,9-10H,8,11-15H2,1-2H3,(H,20,23). The second kappa shape index (κ2) is 9.03. The summed E-state index contributed by atoms with van der Waals surface area (Å²) in [6.07, 6.45) is 4.52. The highest BCUT2D eigenvalue weighted by Crippen LogP contribution is 2.12. The maximum atomic E-state index is 5.19. The summed E-state index contributed by atoms with van der Waals surface area (Å²) in [6.45, 7) is 4.44. The normalized spacial score (nSPS) is 15.1. The third-order valence-corrected chi connectivity index (χ3v) is 4.48. The molecule has 2 aromatic rings. The maximum Gasteiger partial charge on any atom is 0.225 e. The number of rotatable bonds is 5. The van der Waals surface area contributed by atoms with Gasteiger partial charge in [0.2, 0.25) is 5.95 Å². The van der Waals surface area contributed by atoms with E-state index in [1.165, 1.54) is 5.56 Å². The molecule has 26 heavy (non-hydrogen) atoms. The Kier molecular flexibility index (Phi) is 6.24. The second-order valence-corrected chi connectivity index (χ2v) is 6.09. The van der Waals surface area contributed by atoms with Crippen LogP contribution in [0.25, 0.3) is 0 Å². The lowest BCUT2D eigenvalue weighted by atomic mass is 10.1. The van der Waals surface area contributed by atoms with E-state index >= 15 is 0 Å². The molecule has 0 amide bonds. The van der Waals surface area contributed by atoms with E-state index in [-0.39, 0.29) is 0 Å². The van der Waals surface area contributed by atoms with Gasteiger partial charge in [0.1, 0.15) is 5.75 Å². The van der Waals surface area contributed by atoms with Gasteiger partial charge >= 0.3 is 0 Å². The Morgan fingerprint density at radius 2 is 1.81 bits per heavy atom. The number of piperazine rings is 1. The zero-order valence-corrected chi connectivity index (χ0v) is 15.4. The van der Waals surface area contributed by atoms with E-state index in [1.807, 2.05) is 25.2 Å². The lowest BCUT2D eigenvalue weighted by Gasteiger charge is -2.36. The van der Waals surface area contributed by atoms with Gasteiger partial charge in [-0.2, -0.15) is 0 Å². The molecule has 2 heterocycles. The number of aromatic nitrogens is 2. The minimum absolute atomic E-state index is 0.801. The minimum atomic E-state index is 0.801. The Bertz CT molecular complexity index is 696. The fourth-order valence-electron chi connectivity index (χ4n) is 3.02. The number of methoxy groups -OCH3 is 1. The summed E-state index contributed by atoms with van der Waals surface area (Å²) >= 11 is 0. The SMILES string of the molecule is CN=C(NCCc1ccc(OC)cc1)N1CCN(c2ncccn2)CC1. The summed E-state index contributed by atoms with van der Waals surface area (Å²) in [5.74, 6) is 2.64. The molecular formula is C19H26N6O. The van der Waals surface area contributed by atoms with Crippen LogP contribution < -0.4 is 15.0 Å². The molecule has 0 atom stereocenters. The van der Waals surface area contributed by atoms with Crippen molar-refractivity contribution in [2.45, 2.75) is 6.42 Å². The topological polar surface area (TPSA) is 65.9 Å². The molecule has 1 aliphatic rings. The smallest absolute Gasteiger partial charge is 0.225 e. The van der Waals surface area contributed by atoms with Crippen LogP contribution in [0.4, 0.5) is 5.95 Å². The Hall–Kier alpha value is -2.83. The number of benzene rings is 1. The first-order valence-corrected chi connectivity index (χ1v) is 8.90. The van der Waals surface area contributed by atoms with Crippen LogP contribution in [0.15, 0.2) is 47.7 Å². The van der Waals surface area contributed by atoms with E-state index in [0.29, 0.717) is 0 Å². The molecule has 1 saturated heterocycles. The average molecular weight is 354 g/mol. The monoisotopic (exact) mass is 354 g/mol. The van der Waals surface area contributed by atoms with Crippen LogP contribution >= 0.6 is 0 Å². The van der Waals surface area contributed by atoms with Gasteiger partial charge in [-0.3, -0.25) is 4.99 Å². The quantitative estimate of drug-likeness (QED) is 0.647. The van der Waals surface area contributed by atoms with Gasteiger partial charge in [-0.15, -0.1) is 0 Å². The van der Waals surface area contributed by atoms with E-state index in [1.54, 1.807) is 19.5 Å². The molecule has 0 unspecified atom stereocenters. The number of guanidine groups is 1. The molecule has 138 valence electrons. The minimum Gasteiger partial charge on any atom is -0.497 e. The molecule has 1 N–H and O–H groups in total. The Balaban J connectivity index is 1.46. The zero-order valence-electron chi connectivity index (χ0n) is 15.4. The van der Waals surface area contributed by atoms with Gasteiger partial charge < -0.3 is 19.9 Å². The van der Waals surface area contributed by atoms with Gasteiger partial charge in [0.05, 0.1) is 7.11 Å². The highest BCUT2D eigenvalue weighted by molar-refractivity contribution is 5.80. The zero-order chi connectivity index (χ0) is 18.2. The van der Waals surface area contributed by atoms with Crippen molar-refractivity contribution in [3.63, 3.8) is 0 Å². The summed E-state index contributed by atoms with van der Waals surface area (Å²) in [6, 6.07) is 10.0. The molecule has 3 rings (SSSR count). The largest absolute Gasteiger partial charge is 0.497 e. The molecule has 1 aromatic heterocycles. The van der Waals surface area contributed by atoms with Gasteiger partial charge in [-0.05, 0) is 30.2 Å². The fourth-order valence-corrected chi connectivity index (χ4v) is 3.02.